The molecule has 1 rings (SSSR count). The third kappa shape index (κ3) is 5.24. The van der Waals surface area contributed by atoms with Gasteiger partial charge in [0.2, 0.25) is 0 Å². The summed E-state index contributed by atoms with van der Waals surface area (Å²) >= 11 is 0. The third-order valence-corrected chi connectivity index (χ3v) is 2.96. The summed E-state index contributed by atoms with van der Waals surface area (Å²) in [5.41, 5.74) is 0. The fourth-order valence-electron chi connectivity index (χ4n) is 2.08. The summed E-state index contributed by atoms with van der Waals surface area (Å²) in [5.74, 6) is 0. The van der Waals surface area contributed by atoms with Gasteiger partial charge in [-0.05, 0) is 45.3 Å². The molecule has 14 heavy (non-hydrogen) atoms. The summed E-state index contributed by atoms with van der Waals surface area (Å²) in [5, 5.41) is 8.39. The second-order valence-electron chi connectivity index (χ2n) is 4.22. The van der Waals surface area contributed by atoms with Crippen LogP contribution >= 0.6 is 0 Å². The van der Waals surface area contributed by atoms with Gasteiger partial charge in [0.05, 0.1) is 6.07 Å². The van der Waals surface area contributed by atoms with Crippen LogP contribution in [0.4, 0.5) is 0 Å². The summed E-state index contributed by atoms with van der Waals surface area (Å²) in [7, 11) is 0. The first-order chi connectivity index (χ1) is 6.93. The van der Waals surface area contributed by atoms with Crippen LogP contribution in [-0.2, 0) is 0 Å². The van der Waals surface area contributed by atoms with Gasteiger partial charge in [0.15, 0.2) is 0 Å². The molecule has 0 radical (unpaired) electrons. The summed E-state index contributed by atoms with van der Waals surface area (Å²) in [4.78, 5) is 2.60. The summed E-state index contributed by atoms with van der Waals surface area (Å²) in [6, 6.07) is 2.20. The Morgan fingerprint density at radius 1 is 0.929 bits per heavy atom. The zero-order valence-electron chi connectivity index (χ0n) is 9.17. The van der Waals surface area contributed by atoms with Crippen LogP contribution < -0.4 is 0 Å². The molecule has 0 bridgehead atoms. The highest BCUT2D eigenvalue weighted by molar-refractivity contribution is 4.68. The number of nitriles is 1. The van der Waals surface area contributed by atoms with Crippen molar-refractivity contribution in [1.29, 1.82) is 5.26 Å². The molecular formula is C12H22N2. The summed E-state index contributed by atoms with van der Waals surface area (Å²) in [6.45, 7) is 3.86. The second kappa shape index (κ2) is 7.82. The minimum Gasteiger partial charge on any atom is -0.303 e. The Hall–Kier alpha value is -0.550. The van der Waals surface area contributed by atoms with E-state index in [1.54, 1.807) is 0 Å². The lowest BCUT2D eigenvalue weighted by Crippen LogP contribution is -2.25. The normalized spacial score (nSPS) is 18.8. The molecule has 1 aliphatic rings. The maximum absolute atomic E-state index is 8.39. The Labute approximate surface area is 87.9 Å². The molecular weight excluding hydrogens is 172 g/mol. The Bertz CT molecular complexity index is 164. The van der Waals surface area contributed by atoms with Gasteiger partial charge in [0.1, 0.15) is 0 Å². The van der Waals surface area contributed by atoms with Crippen molar-refractivity contribution in [3.8, 4) is 6.07 Å². The van der Waals surface area contributed by atoms with Gasteiger partial charge < -0.3 is 4.90 Å². The van der Waals surface area contributed by atoms with E-state index in [2.05, 4.69) is 11.0 Å². The number of likely N-dealkylation sites (tertiary alicyclic amines) is 1. The molecule has 2 nitrogen and oxygen atoms in total. The zero-order chi connectivity index (χ0) is 10.1. The van der Waals surface area contributed by atoms with Gasteiger partial charge >= 0.3 is 0 Å². The highest BCUT2D eigenvalue weighted by atomic mass is 15.1. The molecule has 0 aromatic rings. The minimum atomic E-state index is 0.736. The van der Waals surface area contributed by atoms with E-state index in [0.29, 0.717) is 0 Å². The minimum absolute atomic E-state index is 0.736. The van der Waals surface area contributed by atoms with Crippen LogP contribution in [-0.4, -0.2) is 24.5 Å². The number of unbranched alkanes of at least 4 members (excludes halogenated alkanes) is 3. The molecule has 1 fully saturated rings. The lowest BCUT2D eigenvalue weighted by Gasteiger charge is -2.19. The first-order valence-electron chi connectivity index (χ1n) is 6.03. The van der Waals surface area contributed by atoms with E-state index in [9.17, 15) is 0 Å². The van der Waals surface area contributed by atoms with E-state index < -0.39 is 0 Å². The van der Waals surface area contributed by atoms with Crippen molar-refractivity contribution in [2.45, 2.75) is 51.4 Å². The van der Waals surface area contributed by atoms with Crippen LogP contribution in [0, 0.1) is 11.3 Å². The van der Waals surface area contributed by atoms with Crippen LogP contribution in [0.25, 0.3) is 0 Å². The van der Waals surface area contributed by atoms with E-state index in [4.69, 9.17) is 5.26 Å². The number of rotatable bonds is 5. The molecule has 2 heteroatoms. The highest BCUT2D eigenvalue weighted by Crippen LogP contribution is 2.10. The van der Waals surface area contributed by atoms with Gasteiger partial charge in [-0.15, -0.1) is 0 Å². The second-order valence-corrected chi connectivity index (χ2v) is 4.22. The van der Waals surface area contributed by atoms with E-state index in [-0.39, 0.29) is 0 Å². The molecule has 1 heterocycles. The lowest BCUT2D eigenvalue weighted by atomic mass is 10.2. The fraction of sp³-hybridized carbons (Fsp3) is 0.917. The van der Waals surface area contributed by atoms with Crippen molar-refractivity contribution in [3.05, 3.63) is 0 Å². The predicted octanol–water partition coefficient (Wildman–Crippen LogP) is 2.95. The van der Waals surface area contributed by atoms with Crippen molar-refractivity contribution in [2.75, 3.05) is 19.6 Å². The quantitative estimate of drug-likeness (QED) is 0.629. The topological polar surface area (TPSA) is 27.0 Å². The van der Waals surface area contributed by atoms with Crippen LogP contribution in [0.15, 0.2) is 0 Å². The molecule has 80 valence electrons. The van der Waals surface area contributed by atoms with E-state index >= 15 is 0 Å². The van der Waals surface area contributed by atoms with Gasteiger partial charge in [0, 0.05) is 6.42 Å². The fourth-order valence-corrected chi connectivity index (χ4v) is 2.08. The van der Waals surface area contributed by atoms with Crippen LogP contribution in [0.3, 0.4) is 0 Å². The Morgan fingerprint density at radius 3 is 2.29 bits per heavy atom. The van der Waals surface area contributed by atoms with E-state index in [1.807, 2.05) is 0 Å². The number of hydrogen-bond acceptors (Lipinski definition) is 2. The SMILES string of the molecule is N#CCCCCCN1CCCCCC1. The van der Waals surface area contributed by atoms with Gasteiger partial charge in [-0.2, -0.15) is 5.26 Å². The monoisotopic (exact) mass is 194 g/mol. The lowest BCUT2D eigenvalue weighted by molar-refractivity contribution is 0.278. The molecule has 0 amide bonds. The first kappa shape index (κ1) is 11.5. The van der Waals surface area contributed by atoms with Crippen LogP contribution in [0.1, 0.15) is 51.4 Å². The maximum Gasteiger partial charge on any atom is 0.0621 e. The van der Waals surface area contributed by atoms with Gasteiger partial charge in [-0.3, -0.25) is 0 Å². The third-order valence-electron chi connectivity index (χ3n) is 2.96. The maximum atomic E-state index is 8.39. The number of hydrogen-bond donors (Lipinski definition) is 0. The molecule has 0 aromatic carbocycles. The first-order valence-corrected chi connectivity index (χ1v) is 6.03. The molecule has 0 atom stereocenters. The van der Waals surface area contributed by atoms with Crippen molar-refractivity contribution >= 4 is 0 Å². The zero-order valence-corrected chi connectivity index (χ0v) is 9.17. The molecule has 0 N–H and O–H groups in total. The molecule has 0 aliphatic carbocycles. The average molecular weight is 194 g/mol. The molecule has 0 aromatic heterocycles. The summed E-state index contributed by atoms with van der Waals surface area (Å²) in [6.07, 6.45) is 9.95. The molecule has 1 saturated heterocycles. The highest BCUT2D eigenvalue weighted by Gasteiger charge is 2.07. The Kier molecular flexibility index (Phi) is 6.43. The smallest absolute Gasteiger partial charge is 0.0621 e. The van der Waals surface area contributed by atoms with Crippen molar-refractivity contribution < 1.29 is 0 Å². The average Bonchev–Trinajstić information content (AvgIpc) is 2.46. The van der Waals surface area contributed by atoms with E-state index in [0.717, 1.165) is 12.8 Å². The molecule has 1 aliphatic heterocycles. The molecule has 0 saturated carbocycles. The van der Waals surface area contributed by atoms with Crippen molar-refractivity contribution in [3.63, 3.8) is 0 Å². The van der Waals surface area contributed by atoms with Crippen LogP contribution in [0.2, 0.25) is 0 Å². The van der Waals surface area contributed by atoms with Crippen LogP contribution in [0.5, 0.6) is 0 Å². The van der Waals surface area contributed by atoms with Crippen molar-refractivity contribution in [2.24, 2.45) is 0 Å². The van der Waals surface area contributed by atoms with E-state index in [1.165, 1.54) is 58.2 Å². The van der Waals surface area contributed by atoms with Gasteiger partial charge in [-0.1, -0.05) is 19.3 Å². The largest absolute Gasteiger partial charge is 0.303 e. The molecule has 0 unspecified atom stereocenters. The Morgan fingerprint density at radius 2 is 1.64 bits per heavy atom. The summed E-state index contributed by atoms with van der Waals surface area (Å²) < 4.78 is 0. The Balaban J connectivity index is 1.96. The number of nitrogens with zero attached hydrogens (tertiary/aromatic N) is 2. The predicted molar refractivity (Wildman–Crippen MR) is 59.0 cm³/mol. The van der Waals surface area contributed by atoms with Gasteiger partial charge in [0.25, 0.3) is 0 Å². The molecule has 0 spiro atoms. The van der Waals surface area contributed by atoms with Crippen molar-refractivity contribution in [1.82, 2.24) is 4.90 Å². The standard InChI is InChI=1S/C12H22N2/c13-9-5-1-2-6-10-14-11-7-3-4-8-12-14/h1-8,10-12H2. The van der Waals surface area contributed by atoms with Gasteiger partial charge in [-0.25, -0.2) is 0 Å².